The molecule has 0 N–H and O–H groups in total. The second-order valence-electron chi connectivity index (χ2n) is 6.38. The summed E-state index contributed by atoms with van der Waals surface area (Å²) in [7, 11) is 0. The molecule has 2 aromatic rings. The van der Waals surface area contributed by atoms with Gasteiger partial charge in [0.25, 0.3) is 0 Å². The topological polar surface area (TPSA) is 43.4 Å². The molecular formula is C24H22O3. The molecule has 27 heavy (non-hydrogen) atoms. The van der Waals surface area contributed by atoms with Crippen LogP contribution in [0.3, 0.4) is 0 Å². The van der Waals surface area contributed by atoms with Gasteiger partial charge >= 0.3 is 5.97 Å². The standard InChI is InChI=1S/C24H22O3/c1-17(2)23(25)15-21-11-7-19(8-12-21)5-6-20-9-13-22(14-10-20)16-27-24(26)18(3)4/h7-14H,1,3,15-16H2,2,4H3. The molecule has 0 fully saturated rings. The molecule has 0 radical (unpaired) electrons. The number of esters is 1. The zero-order chi connectivity index (χ0) is 19.8. The van der Waals surface area contributed by atoms with Crippen LogP contribution in [0.15, 0.2) is 72.8 Å². The van der Waals surface area contributed by atoms with Crippen molar-refractivity contribution < 1.29 is 14.3 Å². The van der Waals surface area contributed by atoms with Gasteiger partial charge in [0.2, 0.25) is 0 Å². The first-order chi connectivity index (χ1) is 12.8. The molecule has 3 nitrogen and oxygen atoms in total. The summed E-state index contributed by atoms with van der Waals surface area (Å²) < 4.78 is 5.11. The molecule has 0 aliphatic heterocycles. The van der Waals surface area contributed by atoms with Crippen molar-refractivity contribution in [2.45, 2.75) is 26.9 Å². The highest BCUT2D eigenvalue weighted by Crippen LogP contribution is 2.09. The van der Waals surface area contributed by atoms with Crippen molar-refractivity contribution in [2.75, 3.05) is 0 Å². The third-order valence-electron chi connectivity index (χ3n) is 3.82. The third-order valence-corrected chi connectivity index (χ3v) is 3.82. The van der Waals surface area contributed by atoms with Gasteiger partial charge in [-0.1, -0.05) is 49.3 Å². The van der Waals surface area contributed by atoms with E-state index in [-0.39, 0.29) is 12.4 Å². The predicted octanol–water partition coefficient (Wildman–Crippen LogP) is 4.39. The minimum Gasteiger partial charge on any atom is -0.457 e. The number of ether oxygens (including phenoxy) is 1. The summed E-state index contributed by atoms with van der Waals surface area (Å²) in [4.78, 5) is 23.1. The lowest BCUT2D eigenvalue weighted by Crippen LogP contribution is -2.04. The van der Waals surface area contributed by atoms with E-state index in [0.717, 1.165) is 22.3 Å². The molecule has 0 aliphatic carbocycles. The predicted molar refractivity (Wildman–Crippen MR) is 107 cm³/mol. The highest BCUT2D eigenvalue weighted by molar-refractivity contribution is 5.95. The number of hydrogen-bond donors (Lipinski definition) is 0. The van der Waals surface area contributed by atoms with Gasteiger partial charge in [0, 0.05) is 23.1 Å². The SMILES string of the molecule is C=C(C)C(=O)Cc1ccc(C#Cc2ccc(COC(=O)C(=C)C)cc2)cc1. The maximum atomic E-state index is 11.7. The largest absolute Gasteiger partial charge is 0.457 e. The van der Waals surface area contributed by atoms with Gasteiger partial charge < -0.3 is 4.74 Å². The Hall–Kier alpha value is -3.38. The summed E-state index contributed by atoms with van der Waals surface area (Å²) >= 11 is 0. The highest BCUT2D eigenvalue weighted by atomic mass is 16.5. The Balaban J connectivity index is 1.97. The summed E-state index contributed by atoms with van der Waals surface area (Å²) in [6, 6.07) is 15.1. The molecule has 0 aromatic heterocycles. The molecule has 2 aromatic carbocycles. The van der Waals surface area contributed by atoms with Crippen LogP contribution in [0.2, 0.25) is 0 Å². The summed E-state index contributed by atoms with van der Waals surface area (Å²) in [5, 5.41) is 0. The first-order valence-corrected chi connectivity index (χ1v) is 8.56. The molecule has 2 rings (SSSR count). The van der Waals surface area contributed by atoms with Gasteiger partial charge in [-0.2, -0.15) is 0 Å². The van der Waals surface area contributed by atoms with Crippen molar-refractivity contribution in [3.8, 4) is 11.8 Å². The molecule has 0 saturated heterocycles. The molecule has 3 heteroatoms. The van der Waals surface area contributed by atoms with Crippen LogP contribution in [0.5, 0.6) is 0 Å². The lowest BCUT2D eigenvalue weighted by Gasteiger charge is -2.04. The molecule has 0 unspecified atom stereocenters. The third kappa shape index (κ3) is 6.45. The van der Waals surface area contributed by atoms with E-state index in [9.17, 15) is 9.59 Å². The van der Waals surface area contributed by atoms with E-state index in [1.165, 1.54) is 0 Å². The van der Waals surface area contributed by atoms with Gasteiger partial charge in [-0.15, -0.1) is 0 Å². The van der Waals surface area contributed by atoms with Gasteiger partial charge in [0.1, 0.15) is 6.61 Å². The Kier molecular flexibility index (Phi) is 6.91. The van der Waals surface area contributed by atoms with Gasteiger partial charge in [-0.3, -0.25) is 4.79 Å². The van der Waals surface area contributed by atoms with E-state index in [0.29, 0.717) is 17.6 Å². The van der Waals surface area contributed by atoms with E-state index in [1.807, 2.05) is 48.5 Å². The Labute approximate surface area is 160 Å². The second-order valence-corrected chi connectivity index (χ2v) is 6.38. The highest BCUT2D eigenvalue weighted by Gasteiger charge is 2.04. The minimum atomic E-state index is -0.396. The van der Waals surface area contributed by atoms with E-state index >= 15 is 0 Å². The van der Waals surface area contributed by atoms with Crippen molar-refractivity contribution in [2.24, 2.45) is 0 Å². The quantitative estimate of drug-likeness (QED) is 0.437. The fourth-order valence-corrected chi connectivity index (χ4v) is 2.14. The zero-order valence-electron chi connectivity index (χ0n) is 15.7. The number of ketones is 1. The first kappa shape index (κ1) is 19.9. The van der Waals surface area contributed by atoms with Crippen LogP contribution in [0.4, 0.5) is 0 Å². The fraction of sp³-hybridized carbons (Fsp3) is 0.167. The van der Waals surface area contributed by atoms with Gasteiger partial charge in [-0.05, 0) is 54.8 Å². The first-order valence-electron chi connectivity index (χ1n) is 8.56. The van der Waals surface area contributed by atoms with Crippen molar-refractivity contribution in [1.82, 2.24) is 0 Å². The summed E-state index contributed by atoms with van der Waals surface area (Å²) in [6.07, 6.45) is 0.362. The zero-order valence-corrected chi connectivity index (χ0v) is 15.7. The molecule has 0 aliphatic rings. The number of allylic oxidation sites excluding steroid dienone is 1. The van der Waals surface area contributed by atoms with Crippen LogP contribution in [-0.4, -0.2) is 11.8 Å². The summed E-state index contributed by atoms with van der Waals surface area (Å²) in [6.45, 7) is 10.8. The molecule has 0 spiro atoms. The van der Waals surface area contributed by atoms with E-state index in [1.54, 1.807) is 13.8 Å². The monoisotopic (exact) mass is 358 g/mol. The Bertz CT molecular complexity index is 920. The van der Waals surface area contributed by atoms with E-state index < -0.39 is 5.97 Å². The van der Waals surface area contributed by atoms with Crippen LogP contribution in [-0.2, 0) is 27.4 Å². The molecule has 136 valence electrons. The normalized spacial score (nSPS) is 9.70. The molecule has 0 saturated carbocycles. The van der Waals surface area contributed by atoms with Crippen LogP contribution in [0.25, 0.3) is 0 Å². The maximum absolute atomic E-state index is 11.7. The van der Waals surface area contributed by atoms with Gasteiger partial charge in [-0.25, -0.2) is 4.79 Å². The molecule has 0 amide bonds. The average molecular weight is 358 g/mol. The number of benzene rings is 2. The van der Waals surface area contributed by atoms with Crippen molar-refractivity contribution in [3.63, 3.8) is 0 Å². The molecular weight excluding hydrogens is 336 g/mol. The van der Waals surface area contributed by atoms with Crippen LogP contribution in [0.1, 0.15) is 36.1 Å². The van der Waals surface area contributed by atoms with Crippen LogP contribution < -0.4 is 0 Å². The van der Waals surface area contributed by atoms with Crippen molar-refractivity contribution in [3.05, 3.63) is 95.1 Å². The molecule has 0 bridgehead atoms. The lowest BCUT2D eigenvalue weighted by molar-refractivity contribution is -0.140. The van der Waals surface area contributed by atoms with E-state index in [2.05, 4.69) is 25.0 Å². The molecule has 0 atom stereocenters. The smallest absolute Gasteiger partial charge is 0.333 e. The number of hydrogen-bond acceptors (Lipinski definition) is 3. The van der Waals surface area contributed by atoms with Gasteiger partial charge in [0.05, 0.1) is 0 Å². The second kappa shape index (κ2) is 9.35. The number of carbonyl (C=O) groups is 2. The number of carbonyl (C=O) groups excluding carboxylic acids is 2. The Morgan fingerprint density at radius 3 is 1.74 bits per heavy atom. The Morgan fingerprint density at radius 1 is 0.815 bits per heavy atom. The fourth-order valence-electron chi connectivity index (χ4n) is 2.14. The maximum Gasteiger partial charge on any atom is 0.333 e. The number of rotatable bonds is 6. The lowest BCUT2D eigenvalue weighted by atomic mass is 10.0. The van der Waals surface area contributed by atoms with E-state index in [4.69, 9.17) is 4.74 Å². The minimum absolute atomic E-state index is 0.0443. The molecule has 0 heterocycles. The Morgan fingerprint density at radius 2 is 1.30 bits per heavy atom. The summed E-state index contributed by atoms with van der Waals surface area (Å²) in [5.74, 6) is 5.84. The van der Waals surface area contributed by atoms with Crippen molar-refractivity contribution in [1.29, 1.82) is 0 Å². The van der Waals surface area contributed by atoms with Crippen molar-refractivity contribution >= 4 is 11.8 Å². The summed E-state index contributed by atoms with van der Waals surface area (Å²) in [5.41, 5.74) is 4.53. The number of Topliss-reactive ketones (excluding diaryl/α,β-unsaturated/α-hetero) is 1. The van der Waals surface area contributed by atoms with Crippen LogP contribution >= 0.6 is 0 Å². The van der Waals surface area contributed by atoms with Gasteiger partial charge in [0.15, 0.2) is 5.78 Å². The van der Waals surface area contributed by atoms with Crippen LogP contribution in [0, 0.1) is 11.8 Å². The average Bonchev–Trinajstić information content (AvgIpc) is 2.66.